The Hall–Kier alpha value is -0.860. The van der Waals surface area contributed by atoms with Crippen LogP contribution in [0.4, 0.5) is 0 Å². The first-order chi connectivity index (χ1) is 7.22. The molecule has 0 radical (unpaired) electrons. The minimum Gasteiger partial charge on any atom is -0.271 e. The maximum atomic E-state index is 5.54. The smallest absolute Gasteiger partial charge is 0.0346 e. The number of hydrogen-bond acceptors (Lipinski definition) is 2. The molecule has 0 spiro atoms. The van der Waals surface area contributed by atoms with Crippen molar-refractivity contribution in [2.45, 2.75) is 43.6 Å². The van der Waals surface area contributed by atoms with Gasteiger partial charge in [0.05, 0.1) is 0 Å². The lowest BCUT2D eigenvalue weighted by Crippen LogP contribution is -2.77. The average molecular weight is 202 g/mol. The number of hydrazine groups is 1. The fraction of sp³-hybridized carbons (Fsp3) is 0.538. The van der Waals surface area contributed by atoms with Crippen LogP contribution < -0.4 is 11.3 Å². The van der Waals surface area contributed by atoms with Crippen LogP contribution in [-0.4, -0.2) is 5.54 Å². The highest BCUT2D eigenvalue weighted by molar-refractivity contribution is 5.42. The summed E-state index contributed by atoms with van der Waals surface area (Å²) in [6.07, 6.45) is 4.80. The highest BCUT2D eigenvalue weighted by atomic mass is 15.3. The van der Waals surface area contributed by atoms with E-state index in [9.17, 15) is 0 Å². The molecule has 3 aliphatic carbocycles. The van der Waals surface area contributed by atoms with Gasteiger partial charge in [0.15, 0.2) is 0 Å². The molecule has 15 heavy (non-hydrogen) atoms. The van der Waals surface area contributed by atoms with Gasteiger partial charge in [0.1, 0.15) is 0 Å². The van der Waals surface area contributed by atoms with Crippen LogP contribution >= 0.6 is 0 Å². The Morgan fingerprint density at radius 1 is 1.20 bits per heavy atom. The molecule has 3 saturated carbocycles. The Bertz CT molecular complexity index is 360. The summed E-state index contributed by atoms with van der Waals surface area (Å²) in [6, 6.07) is 9.13. The lowest BCUT2D eigenvalue weighted by Gasteiger charge is -2.70. The molecular formula is C13H18N2. The topological polar surface area (TPSA) is 38.0 Å². The molecule has 0 aliphatic heterocycles. The van der Waals surface area contributed by atoms with Crippen molar-refractivity contribution in [3.05, 3.63) is 35.4 Å². The standard InChI is InChI=1S/C13H18N2/c1-2-10-3-5-11(6-4-10)12-7-13(8-12,9-12)15-14/h3-6,15H,2,7-9,14H2,1H3. The number of nitrogens with two attached hydrogens (primary N) is 1. The van der Waals surface area contributed by atoms with Crippen LogP contribution in [0.25, 0.3) is 0 Å². The number of aryl methyl sites for hydroxylation is 1. The van der Waals surface area contributed by atoms with Gasteiger partial charge in [0.25, 0.3) is 0 Å². The third-order valence-electron chi connectivity index (χ3n) is 4.31. The van der Waals surface area contributed by atoms with Gasteiger partial charge in [-0.15, -0.1) is 0 Å². The van der Waals surface area contributed by atoms with E-state index in [1.54, 1.807) is 0 Å². The molecule has 1 aromatic carbocycles. The van der Waals surface area contributed by atoms with Gasteiger partial charge in [-0.05, 0) is 36.8 Å². The minimum absolute atomic E-state index is 0.295. The van der Waals surface area contributed by atoms with Crippen molar-refractivity contribution in [3.8, 4) is 0 Å². The number of rotatable bonds is 3. The Kier molecular flexibility index (Phi) is 1.77. The van der Waals surface area contributed by atoms with Crippen LogP contribution in [0, 0.1) is 0 Å². The third-order valence-corrected chi connectivity index (χ3v) is 4.31. The fourth-order valence-electron chi connectivity index (χ4n) is 3.34. The largest absolute Gasteiger partial charge is 0.271 e. The van der Waals surface area contributed by atoms with E-state index in [-0.39, 0.29) is 0 Å². The zero-order valence-corrected chi connectivity index (χ0v) is 9.22. The van der Waals surface area contributed by atoms with E-state index >= 15 is 0 Å². The van der Waals surface area contributed by atoms with Crippen LogP contribution in [0.2, 0.25) is 0 Å². The summed E-state index contributed by atoms with van der Waals surface area (Å²) in [7, 11) is 0. The number of hydrogen-bond donors (Lipinski definition) is 2. The van der Waals surface area contributed by atoms with Gasteiger partial charge in [-0.2, -0.15) is 0 Å². The first-order valence-corrected chi connectivity index (χ1v) is 5.79. The summed E-state index contributed by atoms with van der Waals surface area (Å²) in [5.41, 5.74) is 6.67. The van der Waals surface area contributed by atoms with Crippen LogP contribution in [0.15, 0.2) is 24.3 Å². The van der Waals surface area contributed by atoms with E-state index in [2.05, 4.69) is 36.6 Å². The van der Waals surface area contributed by atoms with E-state index in [0.29, 0.717) is 11.0 Å². The van der Waals surface area contributed by atoms with Crippen molar-refractivity contribution >= 4 is 0 Å². The maximum absolute atomic E-state index is 5.54. The van der Waals surface area contributed by atoms with Crippen molar-refractivity contribution in [1.82, 2.24) is 5.43 Å². The van der Waals surface area contributed by atoms with E-state index in [0.717, 1.165) is 6.42 Å². The van der Waals surface area contributed by atoms with Crippen LogP contribution in [0.5, 0.6) is 0 Å². The van der Waals surface area contributed by atoms with Gasteiger partial charge < -0.3 is 0 Å². The molecule has 0 aromatic heterocycles. The molecule has 80 valence electrons. The second-order valence-electron chi connectivity index (χ2n) is 5.29. The quantitative estimate of drug-likeness (QED) is 0.580. The molecular weight excluding hydrogens is 184 g/mol. The first kappa shape index (κ1) is 9.37. The third kappa shape index (κ3) is 1.12. The van der Waals surface area contributed by atoms with Crippen LogP contribution in [0.3, 0.4) is 0 Å². The lowest BCUT2D eigenvalue weighted by atomic mass is 9.37. The molecule has 2 heteroatoms. The molecule has 2 nitrogen and oxygen atoms in total. The van der Waals surface area contributed by atoms with Gasteiger partial charge >= 0.3 is 0 Å². The Morgan fingerprint density at radius 3 is 2.27 bits per heavy atom. The SMILES string of the molecule is CCc1ccc(C23CC(NN)(C2)C3)cc1. The van der Waals surface area contributed by atoms with Crippen LogP contribution in [0.1, 0.15) is 37.3 Å². The maximum Gasteiger partial charge on any atom is 0.0346 e. The van der Waals surface area contributed by atoms with Gasteiger partial charge in [-0.25, -0.2) is 0 Å². The molecule has 1 aromatic rings. The zero-order valence-electron chi connectivity index (χ0n) is 9.22. The fourth-order valence-corrected chi connectivity index (χ4v) is 3.34. The van der Waals surface area contributed by atoms with Crippen LogP contribution in [-0.2, 0) is 11.8 Å². The summed E-state index contributed by atoms with van der Waals surface area (Å²) < 4.78 is 0. The molecule has 3 aliphatic rings. The van der Waals surface area contributed by atoms with Gasteiger partial charge in [-0.1, -0.05) is 31.2 Å². The predicted octanol–water partition coefficient (Wildman–Crippen LogP) is 1.89. The second-order valence-corrected chi connectivity index (χ2v) is 5.29. The Labute approximate surface area is 90.8 Å². The minimum atomic E-state index is 0.295. The summed E-state index contributed by atoms with van der Waals surface area (Å²) in [5, 5.41) is 0. The van der Waals surface area contributed by atoms with Gasteiger partial charge in [0, 0.05) is 11.0 Å². The zero-order chi connectivity index (χ0) is 10.5. The second kappa shape index (κ2) is 2.83. The van der Waals surface area contributed by atoms with Crippen molar-refractivity contribution in [2.24, 2.45) is 5.84 Å². The van der Waals surface area contributed by atoms with E-state index in [1.165, 1.54) is 30.4 Å². The summed E-state index contributed by atoms with van der Waals surface area (Å²) in [5.74, 6) is 5.54. The number of benzene rings is 1. The summed E-state index contributed by atoms with van der Waals surface area (Å²) in [4.78, 5) is 0. The van der Waals surface area contributed by atoms with Crippen molar-refractivity contribution in [3.63, 3.8) is 0 Å². The van der Waals surface area contributed by atoms with E-state index < -0.39 is 0 Å². The first-order valence-electron chi connectivity index (χ1n) is 5.79. The summed E-state index contributed by atoms with van der Waals surface area (Å²) in [6.45, 7) is 2.20. The molecule has 3 N–H and O–H groups in total. The highest BCUT2D eigenvalue weighted by Crippen LogP contribution is 2.67. The predicted molar refractivity (Wildman–Crippen MR) is 61.4 cm³/mol. The monoisotopic (exact) mass is 202 g/mol. The molecule has 2 bridgehead atoms. The molecule has 0 saturated heterocycles. The van der Waals surface area contributed by atoms with Gasteiger partial charge in [-0.3, -0.25) is 11.3 Å². The van der Waals surface area contributed by atoms with Crippen molar-refractivity contribution in [1.29, 1.82) is 0 Å². The van der Waals surface area contributed by atoms with Crippen molar-refractivity contribution < 1.29 is 0 Å². The average Bonchev–Trinajstić information content (AvgIpc) is 2.16. The molecule has 0 atom stereocenters. The Morgan fingerprint density at radius 2 is 1.80 bits per heavy atom. The molecule has 0 unspecified atom stereocenters. The van der Waals surface area contributed by atoms with Crippen molar-refractivity contribution in [2.75, 3.05) is 0 Å². The van der Waals surface area contributed by atoms with E-state index in [1.807, 2.05) is 0 Å². The van der Waals surface area contributed by atoms with Gasteiger partial charge in [0.2, 0.25) is 0 Å². The Balaban J connectivity index is 1.79. The molecule has 4 rings (SSSR count). The lowest BCUT2D eigenvalue weighted by molar-refractivity contribution is -0.0882. The number of nitrogens with one attached hydrogen (secondary N) is 1. The highest BCUT2D eigenvalue weighted by Gasteiger charge is 2.67. The molecule has 3 fully saturated rings. The summed E-state index contributed by atoms with van der Waals surface area (Å²) >= 11 is 0. The normalized spacial score (nSPS) is 36.9. The van der Waals surface area contributed by atoms with E-state index in [4.69, 9.17) is 5.84 Å². The molecule has 0 amide bonds. The molecule has 0 heterocycles.